The van der Waals surface area contributed by atoms with E-state index in [9.17, 15) is 0 Å². The number of epoxide rings is 1. The number of hydrogen-bond donors (Lipinski definition) is 1. The average Bonchev–Trinajstić information content (AvgIpc) is 2.85. The van der Waals surface area contributed by atoms with Gasteiger partial charge in [-0.3, -0.25) is 0 Å². The second-order valence-electron chi connectivity index (χ2n) is 3.19. The molecule has 0 spiro atoms. The summed E-state index contributed by atoms with van der Waals surface area (Å²) in [6.45, 7) is 2.18. The van der Waals surface area contributed by atoms with Gasteiger partial charge < -0.3 is 9.84 Å². The number of benzene rings is 1. The second-order valence-corrected chi connectivity index (χ2v) is 3.19. The SMILES string of the molecule is Cc1ccc(C2O[C@@H]2CO)cc1. The molecule has 12 heavy (non-hydrogen) atoms. The minimum absolute atomic E-state index is 0.0349. The normalized spacial score (nSPS) is 27.2. The largest absolute Gasteiger partial charge is 0.394 e. The van der Waals surface area contributed by atoms with Crippen LogP contribution in [0.5, 0.6) is 0 Å². The summed E-state index contributed by atoms with van der Waals surface area (Å²) in [5, 5.41) is 8.77. The molecule has 64 valence electrons. The lowest BCUT2D eigenvalue weighted by Crippen LogP contribution is -1.94. The predicted molar refractivity (Wildman–Crippen MR) is 45.9 cm³/mol. The molecule has 1 heterocycles. The van der Waals surface area contributed by atoms with Crippen LogP contribution in [0.2, 0.25) is 0 Å². The fourth-order valence-electron chi connectivity index (χ4n) is 1.33. The molecular formula is C10H12O2. The summed E-state index contributed by atoms with van der Waals surface area (Å²) in [5.74, 6) is 0. The second kappa shape index (κ2) is 2.88. The monoisotopic (exact) mass is 164 g/mol. The molecule has 2 rings (SSSR count). The highest BCUT2D eigenvalue weighted by molar-refractivity contribution is 5.26. The molecule has 1 aliphatic heterocycles. The quantitative estimate of drug-likeness (QED) is 0.671. The third kappa shape index (κ3) is 1.36. The van der Waals surface area contributed by atoms with E-state index in [-0.39, 0.29) is 18.8 Å². The smallest absolute Gasteiger partial charge is 0.112 e. The van der Waals surface area contributed by atoms with E-state index >= 15 is 0 Å². The van der Waals surface area contributed by atoms with Crippen molar-refractivity contribution in [2.24, 2.45) is 0 Å². The van der Waals surface area contributed by atoms with Gasteiger partial charge in [0.05, 0.1) is 6.61 Å². The first kappa shape index (κ1) is 7.77. The molecule has 0 radical (unpaired) electrons. The topological polar surface area (TPSA) is 32.8 Å². The summed E-state index contributed by atoms with van der Waals surface area (Å²) >= 11 is 0. The molecular weight excluding hydrogens is 152 g/mol. The summed E-state index contributed by atoms with van der Waals surface area (Å²) in [6.07, 6.45) is 0.170. The highest BCUT2D eigenvalue weighted by Crippen LogP contribution is 2.37. The van der Waals surface area contributed by atoms with Crippen molar-refractivity contribution in [2.75, 3.05) is 6.61 Å². The molecule has 1 N–H and O–H groups in total. The molecule has 1 aliphatic rings. The molecule has 0 saturated carbocycles. The summed E-state index contributed by atoms with van der Waals surface area (Å²) in [7, 11) is 0. The maximum atomic E-state index is 8.77. The van der Waals surface area contributed by atoms with E-state index in [0.29, 0.717) is 0 Å². The third-order valence-electron chi connectivity index (χ3n) is 2.17. The molecule has 1 saturated heterocycles. The Labute approximate surface area is 71.8 Å². The van der Waals surface area contributed by atoms with Gasteiger partial charge in [-0.05, 0) is 12.5 Å². The van der Waals surface area contributed by atoms with Gasteiger partial charge in [0.1, 0.15) is 12.2 Å². The standard InChI is InChI=1S/C10H12O2/c1-7-2-4-8(5-3-7)10-9(6-11)12-10/h2-5,9-11H,6H2,1H3/t9-,10?/m1/s1. The van der Waals surface area contributed by atoms with Gasteiger partial charge in [-0.2, -0.15) is 0 Å². The van der Waals surface area contributed by atoms with Crippen molar-refractivity contribution in [3.8, 4) is 0 Å². The molecule has 1 aromatic rings. The van der Waals surface area contributed by atoms with Crippen molar-refractivity contribution in [3.63, 3.8) is 0 Å². The number of aliphatic hydroxyl groups is 1. The minimum atomic E-state index is 0.0349. The van der Waals surface area contributed by atoms with E-state index in [1.807, 2.05) is 0 Å². The predicted octanol–water partition coefficient (Wildman–Crippen LogP) is 1.43. The van der Waals surface area contributed by atoms with Gasteiger partial charge in [0.25, 0.3) is 0 Å². The van der Waals surface area contributed by atoms with Crippen molar-refractivity contribution in [2.45, 2.75) is 19.1 Å². The molecule has 2 nitrogen and oxygen atoms in total. The Balaban J connectivity index is 2.10. The Morgan fingerprint density at radius 1 is 1.33 bits per heavy atom. The molecule has 1 fully saturated rings. The lowest BCUT2D eigenvalue weighted by atomic mass is 10.1. The van der Waals surface area contributed by atoms with Crippen LogP contribution < -0.4 is 0 Å². The molecule has 2 heteroatoms. The summed E-state index contributed by atoms with van der Waals surface area (Å²) < 4.78 is 5.24. The first-order chi connectivity index (χ1) is 5.81. The van der Waals surface area contributed by atoms with Gasteiger partial charge in [-0.1, -0.05) is 29.8 Å². The van der Waals surface area contributed by atoms with Gasteiger partial charge in [0, 0.05) is 0 Å². The average molecular weight is 164 g/mol. The summed E-state index contributed by atoms with van der Waals surface area (Å²) in [6, 6.07) is 8.22. The first-order valence-corrected chi connectivity index (χ1v) is 4.14. The molecule has 0 aromatic heterocycles. The number of hydrogen-bond acceptors (Lipinski definition) is 2. The molecule has 1 aromatic carbocycles. The number of ether oxygens (including phenoxy) is 1. The molecule has 0 bridgehead atoms. The zero-order valence-corrected chi connectivity index (χ0v) is 7.03. The zero-order chi connectivity index (χ0) is 8.55. The fourth-order valence-corrected chi connectivity index (χ4v) is 1.33. The Bertz CT molecular complexity index is 266. The number of rotatable bonds is 2. The molecule has 2 atom stereocenters. The van der Waals surface area contributed by atoms with Crippen LogP contribution in [0, 0.1) is 6.92 Å². The van der Waals surface area contributed by atoms with Crippen LogP contribution in [0.4, 0.5) is 0 Å². The van der Waals surface area contributed by atoms with Crippen LogP contribution in [0.25, 0.3) is 0 Å². The maximum Gasteiger partial charge on any atom is 0.112 e. The summed E-state index contributed by atoms with van der Waals surface area (Å²) in [5.41, 5.74) is 2.42. The Morgan fingerprint density at radius 3 is 2.50 bits per heavy atom. The van der Waals surface area contributed by atoms with E-state index in [0.717, 1.165) is 0 Å². The van der Waals surface area contributed by atoms with Gasteiger partial charge in [-0.25, -0.2) is 0 Å². The Kier molecular flexibility index (Phi) is 1.87. The fraction of sp³-hybridized carbons (Fsp3) is 0.400. The van der Waals surface area contributed by atoms with Crippen LogP contribution in [0.1, 0.15) is 17.2 Å². The van der Waals surface area contributed by atoms with Crippen LogP contribution in [-0.2, 0) is 4.74 Å². The van der Waals surface area contributed by atoms with Crippen LogP contribution in [0.15, 0.2) is 24.3 Å². The number of aliphatic hydroxyl groups excluding tert-OH is 1. The maximum absolute atomic E-state index is 8.77. The van der Waals surface area contributed by atoms with Crippen molar-refractivity contribution < 1.29 is 9.84 Å². The van der Waals surface area contributed by atoms with Crippen molar-refractivity contribution >= 4 is 0 Å². The van der Waals surface area contributed by atoms with Crippen molar-refractivity contribution in [1.29, 1.82) is 0 Å². The zero-order valence-electron chi connectivity index (χ0n) is 7.03. The minimum Gasteiger partial charge on any atom is -0.394 e. The highest BCUT2D eigenvalue weighted by atomic mass is 16.6. The molecule has 1 unspecified atom stereocenters. The van der Waals surface area contributed by atoms with E-state index < -0.39 is 0 Å². The van der Waals surface area contributed by atoms with Gasteiger partial charge in [0.2, 0.25) is 0 Å². The van der Waals surface area contributed by atoms with E-state index in [1.54, 1.807) is 0 Å². The van der Waals surface area contributed by atoms with Crippen LogP contribution in [0.3, 0.4) is 0 Å². The van der Waals surface area contributed by atoms with Crippen LogP contribution >= 0.6 is 0 Å². The van der Waals surface area contributed by atoms with E-state index in [2.05, 4.69) is 31.2 Å². The molecule has 0 amide bonds. The van der Waals surface area contributed by atoms with Gasteiger partial charge in [-0.15, -0.1) is 0 Å². The van der Waals surface area contributed by atoms with Gasteiger partial charge >= 0.3 is 0 Å². The summed E-state index contributed by atoms with van der Waals surface area (Å²) in [4.78, 5) is 0. The Hall–Kier alpha value is -0.860. The van der Waals surface area contributed by atoms with Crippen molar-refractivity contribution in [3.05, 3.63) is 35.4 Å². The van der Waals surface area contributed by atoms with Gasteiger partial charge in [0.15, 0.2) is 0 Å². The van der Waals surface area contributed by atoms with Crippen LogP contribution in [-0.4, -0.2) is 17.8 Å². The lowest BCUT2D eigenvalue weighted by molar-refractivity contribution is 0.242. The third-order valence-corrected chi connectivity index (χ3v) is 2.17. The lowest BCUT2D eigenvalue weighted by Gasteiger charge is -1.95. The molecule has 0 aliphatic carbocycles. The van der Waals surface area contributed by atoms with E-state index in [4.69, 9.17) is 9.84 Å². The Morgan fingerprint density at radius 2 is 2.00 bits per heavy atom. The van der Waals surface area contributed by atoms with E-state index in [1.165, 1.54) is 11.1 Å². The van der Waals surface area contributed by atoms with Crippen molar-refractivity contribution in [1.82, 2.24) is 0 Å². The number of aryl methyl sites for hydroxylation is 1. The first-order valence-electron chi connectivity index (χ1n) is 4.14. The highest BCUT2D eigenvalue weighted by Gasteiger charge is 2.39.